The largest absolute Gasteiger partial charge is 0.504 e. The topological polar surface area (TPSA) is 82.0 Å². The SMILES string of the molecule is C=CCN1CC[C@]23c4c5ccc(O)c4OC2C(NC(=O)C(C)c2csc4ccc(Cl)cc24)CC[C@@]3(O)[C@H]1C5. The van der Waals surface area contributed by atoms with Crippen LogP contribution in [0.1, 0.15) is 48.8 Å². The fourth-order valence-electron chi connectivity index (χ4n) is 7.97. The number of aromatic hydroxyl groups is 1. The number of nitrogens with zero attached hydrogens (tertiary/aromatic N) is 1. The highest BCUT2D eigenvalue weighted by Gasteiger charge is 2.73. The van der Waals surface area contributed by atoms with E-state index in [4.69, 9.17) is 16.3 Å². The van der Waals surface area contributed by atoms with E-state index in [1.807, 2.05) is 42.6 Å². The van der Waals surface area contributed by atoms with Gasteiger partial charge in [0.25, 0.3) is 0 Å². The average Bonchev–Trinajstić information content (AvgIpc) is 3.47. The van der Waals surface area contributed by atoms with Gasteiger partial charge in [-0.3, -0.25) is 9.69 Å². The molecule has 0 radical (unpaired) electrons. The van der Waals surface area contributed by atoms with Gasteiger partial charge in [0.05, 0.1) is 23.0 Å². The van der Waals surface area contributed by atoms with Crippen LogP contribution in [-0.4, -0.2) is 57.9 Å². The molecule has 3 aromatic rings. The second-order valence-electron chi connectivity index (χ2n) is 11.3. The van der Waals surface area contributed by atoms with Gasteiger partial charge < -0.3 is 20.3 Å². The minimum absolute atomic E-state index is 0.0687. The van der Waals surface area contributed by atoms with Crippen molar-refractivity contribution in [1.82, 2.24) is 10.2 Å². The van der Waals surface area contributed by atoms with Crippen LogP contribution in [0.3, 0.4) is 0 Å². The molecule has 8 heteroatoms. The Balaban J connectivity index is 1.25. The third-order valence-corrected chi connectivity index (χ3v) is 10.9. The van der Waals surface area contributed by atoms with Gasteiger partial charge in [-0.1, -0.05) is 23.7 Å². The molecule has 3 heterocycles. The number of carbonyl (C=O) groups excluding carboxylic acids is 1. The maximum Gasteiger partial charge on any atom is 0.227 e. The van der Waals surface area contributed by atoms with E-state index in [0.29, 0.717) is 43.0 Å². The van der Waals surface area contributed by atoms with E-state index in [0.717, 1.165) is 33.3 Å². The third kappa shape index (κ3) is 3.10. The standard InChI is InChI=1S/C30H31ClN2O4S/c1-3-11-33-12-10-29-25-17-4-6-22(34)26(25)37-27(29)21(8-9-30(29,36)24(33)13-17)32-28(35)16(2)20-15-38-23-7-5-18(31)14-19(20)23/h3-7,14-16,21,24,27,34,36H,1,8-13H2,2H3,(H,32,35)/t16?,21?,24-,27?,29+,30-/m1/s1. The van der Waals surface area contributed by atoms with Gasteiger partial charge in [0.2, 0.25) is 5.91 Å². The molecule has 1 amide bonds. The Morgan fingerprint density at radius 1 is 1.37 bits per heavy atom. The molecule has 2 aliphatic carbocycles. The number of halogens is 1. The van der Waals surface area contributed by atoms with Gasteiger partial charge in [0.1, 0.15) is 6.10 Å². The second kappa shape index (κ2) is 8.46. The van der Waals surface area contributed by atoms with Crippen LogP contribution in [0.2, 0.25) is 5.02 Å². The summed E-state index contributed by atoms with van der Waals surface area (Å²) in [6.45, 7) is 7.37. The molecule has 1 saturated heterocycles. The number of fused-ring (bicyclic) bond motifs is 1. The molecular formula is C30H31ClN2O4S. The van der Waals surface area contributed by atoms with Crippen molar-refractivity contribution >= 4 is 38.9 Å². The Morgan fingerprint density at radius 2 is 2.21 bits per heavy atom. The van der Waals surface area contributed by atoms with E-state index in [-0.39, 0.29) is 29.7 Å². The fraction of sp³-hybridized carbons (Fsp3) is 0.433. The lowest BCUT2D eigenvalue weighted by atomic mass is 9.48. The second-order valence-corrected chi connectivity index (χ2v) is 12.7. The quantitative estimate of drug-likeness (QED) is 0.394. The molecule has 1 aromatic heterocycles. The minimum Gasteiger partial charge on any atom is -0.504 e. The van der Waals surface area contributed by atoms with Crippen molar-refractivity contribution in [3.8, 4) is 11.5 Å². The molecule has 1 saturated carbocycles. The van der Waals surface area contributed by atoms with Gasteiger partial charge in [-0.2, -0.15) is 0 Å². The Hall–Kier alpha value is -2.58. The van der Waals surface area contributed by atoms with Crippen LogP contribution >= 0.6 is 22.9 Å². The molecule has 4 aliphatic rings. The fourth-order valence-corrected chi connectivity index (χ4v) is 9.18. The number of carbonyl (C=O) groups is 1. The number of benzene rings is 2. The summed E-state index contributed by atoms with van der Waals surface area (Å²) in [5.41, 5.74) is 1.33. The van der Waals surface area contributed by atoms with Crippen molar-refractivity contribution in [3.05, 3.63) is 70.1 Å². The van der Waals surface area contributed by atoms with Crippen molar-refractivity contribution in [3.63, 3.8) is 0 Å². The van der Waals surface area contributed by atoms with E-state index in [1.165, 1.54) is 0 Å². The van der Waals surface area contributed by atoms with Gasteiger partial charge in [-0.05, 0) is 85.3 Å². The molecule has 2 bridgehead atoms. The van der Waals surface area contributed by atoms with Crippen LogP contribution < -0.4 is 10.1 Å². The lowest BCUT2D eigenvalue weighted by molar-refractivity contribution is -0.190. The van der Waals surface area contributed by atoms with Crippen LogP contribution in [0.5, 0.6) is 11.5 Å². The summed E-state index contributed by atoms with van der Waals surface area (Å²) in [5, 5.41) is 30.3. The first-order chi connectivity index (χ1) is 18.3. The lowest BCUT2D eigenvalue weighted by Crippen LogP contribution is -2.78. The number of hydrogen-bond donors (Lipinski definition) is 3. The number of piperidine rings is 1. The van der Waals surface area contributed by atoms with Crippen molar-refractivity contribution < 1.29 is 19.7 Å². The first-order valence-electron chi connectivity index (χ1n) is 13.3. The molecule has 6 atom stereocenters. The summed E-state index contributed by atoms with van der Waals surface area (Å²) < 4.78 is 7.66. The zero-order chi connectivity index (χ0) is 26.4. The van der Waals surface area contributed by atoms with Crippen LogP contribution in [-0.2, 0) is 16.6 Å². The molecule has 2 aliphatic heterocycles. The summed E-state index contributed by atoms with van der Waals surface area (Å²) in [4.78, 5) is 16.0. The normalized spacial score (nSPS) is 31.9. The number of hydrogen-bond acceptors (Lipinski definition) is 6. The van der Waals surface area contributed by atoms with E-state index < -0.39 is 17.1 Å². The number of phenols is 1. The first-order valence-corrected chi connectivity index (χ1v) is 14.6. The molecule has 6 nitrogen and oxygen atoms in total. The predicted octanol–water partition coefficient (Wildman–Crippen LogP) is 4.89. The summed E-state index contributed by atoms with van der Waals surface area (Å²) in [6.07, 6.45) is 3.98. The molecule has 3 N–H and O–H groups in total. The summed E-state index contributed by atoms with van der Waals surface area (Å²) >= 11 is 7.87. The number of phenolic OH excluding ortho intramolecular Hbond substituents is 1. The Bertz CT molecular complexity index is 1490. The van der Waals surface area contributed by atoms with Gasteiger partial charge in [0.15, 0.2) is 11.5 Å². The zero-order valence-corrected chi connectivity index (χ0v) is 22.8. The monoisotopic (exact) mass is 550 g/mol. The average molecular weight is 551 g/mol. The highest BCUT2D eigenvalue weighted by Crippen LogP contribution is 2.65. The van der Waals surface area contributed by atoms with Crippen molar-refractivity contribution in [2.75, 3.05) is 13.1 Å². The maximum atomic E-state index is 13.7. The van der Waals surface area contributed by atoms with E-state index in [2.05, 4.69) is 16.8 Å². The Kier molecular flexibility index (Phi) is 5.44. The highest BCUT2D eigenvalue weighted by atomic mass is 35.5. The number of amides is 1. The molecular weight excluding hydrogens is 520 g/mol. The van der Waals surface area contributed by atoms with Crippen LogP contribution in [0.15, 0.2) is 48.4 Å². The maximum absolute atomic E-state index is 13.7. The number of aliphatic hydroxyl groups is 1. The van der Waals surface area contributed by atoms with Crippen LogP contribution in [0, 0.1) is 0 Å². The summed E-state index contributed by atoms with van der Waals surface area (Å²) in [5.74, 6) is 0.134. The van der Waals surface area contributed by atoms with Gasteiger partial charge in [-0.15, -0.1) is 17.9 Å². The molecule has 7 rings (SSSR count). The summed E-state index contributed by atoms with van der Waals surface area (Å²) in [6, 6.07) is 9.10. The molecule has 1 spiro atoms. The number of likely N-dealkylation sites (tertiary alicyclic amines) is 1. The highest BCUT2D eigenvalue weighted by molar-refractivity contribution is 7.17. The number of rotatable bonds is 5. The van der Waals surface area contributed by atoms with E-state index in [9.17, 15) is 15.0 Å². The number of thiophene rings is 1. The molecule has 3 unspecified atom stereocenters. The van der Waals surface area contributed by atoms with Crippen LogP contribution in [0.25, 0.3) is 10.1 Å². The van der Waals surface area contributed by atoms with Gasteiger partial charge >= 0.3 is 0 Å². The predicted molar refractivity (Wildman–Crippen MR) is 149 cm³/mol. The van der Waals surface area contributed by atoms with Crippen molar-refractivity contribution in [2.45, 2.75) is 67.7 Å². The smallest absolute Gasteiger partial charge is 0.227 e. The third-order valence-electron chi connectivity index (χ3n) is 9.69. The Labute approximate surface area is 230 Å². The van der Waals surface area contributed by atoms with Gasteiger partial charge in [-0.25, -0.2) is 0 Å². The van der Waals surface area contributed by atoms with E-state index >= 15 is 0 Å². The molecule has 2 aromatic carbocycles. The molecule has 38 heavy (non-hydrogen) atoms. The number of nitrogens with one attached hydrogen (secondary N) is 1. The lowest BCUT2D eigenvalue weighted by Gasteiger charge is -2.64. The van der Waals surface area contributed by atoms with Crippen molar-refractivity contribution in [1.29, 1.82) is 0 Å². The Morgan fingerprint density at radius 3 is 3.03 bits per heavy atom. The molecule has 2 fully saturated rings. The zero-order valence-electron chi connectivity index (χ0n) is 21.2. The van der Waals surface area contributed by atoms with Gasteiger partial charge in [0, 0.05) is 27.9 Å². The van der Waals surface area contributed by atoms with Crippen molar-refractivity contribution in [2.24, 2.45) is 0 Å². The minimum atomic E-state index is -1.02. The van der Waals surface area contributed by atoms with Crippen LogP contribution in [0.4, 0.5) is 0 Å². The first kappa shape index (κ1) is 24.5. The summed E-state index contributed by atoms with van der Waals surface area (Å²) in [7, 11) is 0. The number of ether oxygens (including phenoxy) is 1. The van der Waals surface area contributed by atoms with E-state index in [1.54, 1.807) is 17.4 Å². The molecule has 198 valence electrons.